The number of rotatable bonds is 12. The van der Waals surface area contributed by atoms with Crippen LogP contribution in [0.4, 0.5) is 5.69 Å². The molecule has 0 radical (unpaired) electrons. The van der Waals surface area contributed by atoms with Crippen molar-refractivity contribution in [2.45, 2.75) is 65.4 Å². The third-order valence-electron chi connectivity index (χ3n) is 3.89. The number of aryl methyl sites for hydroxylation is 1. The van der Waals surface area contributed by atoms with Crippen molar-refractivity contribution in [2.24, 2.45) is 0 Å². The van der Waals surface area contributed by atoms with Crippen LogP contribution in [0, 0.1) is 17.0 Å². The van der Waals surface area contributed by atoms with E-state index in [1.165, 1.54) is 6.07 Å². The molecule has 0 heterocycles. The van der Waals surface area contributed by atoms with Crippen LogP contribution in [0.15, 0.2) is 18.2 Å². The molecule has 0 N–H and O–H groups in total. The molecule has 0 unspecified atom stereocenters. The van der Waals surface area contributed by atoms with E-state index in [0.29, 0.717) is 24.2 Å². The molecule has 0 aliphatic rings. The van der Waals surface area contributed by atoms with E-state index >= 15 is 0 Å². The summed E-state index contributed by atoms with van der Waals surface area (Å²) in [5, 5.41) is 10.9. The SMILES string of the molecule is CCCCCCOC(=O)CCCC(=O)OCc1ccc(C)c([N+](=O)[O-])c1. The monoisotopic (exact) mass is 365 g/mol. The largest absolute Gasteiger partial charge is 0.466 e. The Morgan fingerprint density at radius 3 is 2.38 bits per heavy atom. The predicted molar refractivity (Wildman–Crippen MR) is 96.6 cm³/mol. The van der Waals surface area contributed by atoms with Crippen molar-refractivity contribution in [1.82, 2.24) is 0 Å². The topological polar surface area (TPSA) is 95.7 Å². The van der Waals surface area contributed by atoms with Gasteiger partial charge in [0.2, 0.25) is 0 Å². The van der Waals surface area contributed by atoms with Crippen LogP contribution in [-0.2, 0) is 25.7 Å². The molecule has 0 spiro atoms. The van der Waals surface area contributed by atoms with Crippen LogP contribution in [0.3, 0.4) is 0 Å². The van der Waals surface area contributed by atoms with E-state index in [4.69, 9.17) is 9.47 Å². The Morgan fingerprint density at radius 1 is 1.04 bits per heavy atom. The number of nitro benzene ring substituents is 1. The van der Waals surface area contributed by atoms with Crippen LogP contribution < -0.4 is 0 Å². The van der Waals surface area contributed by atoms with E-state index in [1.807, 2.05) is 0 Å². The van der Waals surface area contributed by atoms with Crippen molar-refractivity contribution < 1.29 is 24.0 Å². The smallest absolute Gasteiger partial charge is 0.306 e. The van der Waals surface area contributed by atoms with Gasteiger partial charge in [0.05, 0.1) is 11.5 Å². The first kappa shape index (κ1) is 21.6. The zero-order valence-electron chi connectivity index (χ0n) is 15.5. The summed E-state index contributed by atoms with van der Waals surface area (Å²) >= 11 is 0. The second-order valence-electron chi connectivity index (χ2n) is 6.17. The number of carbonyl (C=O) groups is 2. The third kappa shape index (κ3) is 8.60. The molecule has 0 bridgehead atoms. The summed E-state index contributed by atoms with van der Waals surface area (Å²) < 4.78 is 10.2. The molecule has 0 aromatic heterocycles. The van der Waals surface area contributed by atoms with Crippen molar-refractivity contribution >= 4 is 17.6 Å². The number of carbonyl (C=O) groups excluding carboxylic acids is 2. The fourth-order valence-corrected chi connectivity index (χ4v) is 2.34. The van der Waals surface area contributed by atoms with Crippen LogP contribution in [0.5, 0.6) is 0 Å². The number of esters is 2. The van der Waals surface area contributed by atoms with Gasteiger partial charge in [-0.15, -0.1) is 0 Å². The first-order chi connectivity index (χ1) is 12.4. The molecule has 1 rings (SSSR count). The lowest BCUT2D eigenvalue weighted by Gasteiger charge is -2.06. The van der Waals surface area contributed by atoms with E-state index < -0.39 is 10.9 Å². The lowest BCUT2D eigenvalue weighted by Crippen LogP contribution is -2.09. The molecule has 0 saturated heterocycles. The highest BCUT2D eigenvalue weighted by molar-refractivity contribution is 5.72. The van der Waals surface area contributed by atoms with Crippen LogP contribution in [-0.4, -0.2) is 23.5 Å². The van der Waals surface area contributed by atoms with Crippen LogP contribution in [0.1, 0.15) is 63.0 Å². The first-order valence-corrected chi connectivity index (χ1v) is 8.99. The average molecular weight is 365 g/mol. The highest BCUT2D eigenvalue weighted by Crippen LogP contribution is 2.19. The van der Waals surface area contributed by atoms with Gasteiger partial charge in [-0.2, -0.15) is 0 Å². The van der Waals surface area contributed by atoms with Crippen molar-refractivity contribution in [1.29, 1.82) is 0 Å². The lowest BCUT2D eigenvalue weighted by molar-refractivity contribution is -0.385. The summed E-state index contributed by atoms with van der Waals surface area (Å²) in [6, 6.07) is 4.71. The molecular weight excluding hydrogens is 338 g/mol. The molecule has 0 fully saturated rings. The molecule has 0 aliphatic heterocycles. The molecule has 7 nitrogen and oxygen atoms in total. The standard InChI is InChI=1S/C19H27NO6/c1-3-4-5-6-12-25-18(21)8-7-9-19(22)26-14-16-11-10-15(2)17(13-16)20(23)24/h10-11,13H,3-9,12,14H2,1-2H3. The van der Waals surface area contributed by atoms with E-state index in [1.54, 1.807) is 19.1 Å². The summed E-state index contributed by atoms with van der Waals surface area (Å²) in [5.41, 5.74) is 1.11. The zero-order valence-corrected chi connectivity index (χ0v) is 15.5. The number of hydrogen-bond acceptors (Lipinski definition) is 6. The second-order valence-corrected chi connectivity index (χ2v) is 6.17. The molecule has 7 heteroatoms. The van der Waals surface area contributed by atoms with Crippen LogP contribution >= 0.6 is 0 Å². The number of ether oxygens (including phenoxy) is 2. The van der Waals surface area contributed by atoms with Gasteiger partial charge in [0.25, 0.3) is 5.69 Å². The van der Waals surface area contributed by atoms with Crippen molar-refractivity contribution in [3.63, 3.8) is 0 Å². The Bertz CT molecular complexity index is 614. The fraction of sp³-hybridized carbons (Fsp3) is 0.579. The first-order valence-electron chi connectivity index (χ1n) is 8.99. The molecular formula is C19H27NO6. The summed E-state index contributed by atoms with van der Waals surface area (Å²) in [4.78, 5) is 33.7. The van der Waals surface area contributed by atoms with Gasteiger partial charge < -0.3 is 9.47 Å². The number of nitrogens with zero attached hydrogens (tertiary/aromatic N) is 1. The Balaban J connectivity index is 2.22. The summed E-state index contributed by atoms with van der Waals surface area (Å²) in [6.45, 7) is 4.17. The van der Waals surface area contributed by atoms with E-state index in [-0.39, 0.29) is 31.1 Å². The minimum absolute atomic E-state index is 0.000214. The third-order valence-corrected chi connectivity index (χ3v) is 3.89. The van der Waals surface area contributed by atoms with Crippen molar-refractivity contribution in [3.05, 3.63) is 39.4 Å². The maximum Gasteiger partial charge on any atom is 0.306 e. The van der Waals surface area contributed by atoms with E-state index in [0.717, 1.165) is 25.7 Å². The predicted octanol–water partition coefficient (Wildman–Crippen LogP) is 4.24. The summed E-state index contributed by atoms with van der Waals surface area (Å²) in [7, 11) is 0. The van der Waals surface area contributed by atoms with Gasteiger partial charge in [0.1, 0.15) is 6.61 Å². The minimum atomic E-state index is -0.464. The number of hydrogen-bond donors (Lipinski definition) is 0. The zero-order chi connectivity index (χ0) is 19.4. The normalized spacial score (nSPS) is 10.4. The van der Waals surface area contributed by atoms with E-state index in [9.17, 15) is 19.7 Å². The molecule has 0 atom stereocenters. The highest BCUT2D eigenvalue weighted by Gasteiger charge is 2.12. The fourth-order valence-electron chi connectivity index (χ4n) is 2.34. The Hall–Kier alpha value is -2.44. The maximum absolute atomic E-state index is 11.7. The Morgan fingerprint density at radius 2 is 1.73 bits per heavy atom. The second kappa shape index (κ2) is 12.0. The van der Waals surface area contributed by atoms with Crippen LogP contribution in [0.2, 0.25) is 0 Å². The van der Waals surface area contributed by atoms with Gasteiger partial charge >= 0.3 is 11.9 Å². The number of nitro groups is 1. The lowest BCUT2D eigenvalue weighted by atomic mass is 10.1. The van der Waals surface area contributed by atoms with Gasteiger partial charge in [0, 0.05) is 24.5 Å². The van der Waals surface area contributed by atoms with Crippen molar-refractivity contribution in [2.75, 3.05) is 6.61 Å². The van der Waals surface area contributed by atoms with Gasteiger partial charge in [-0.3, -0.25) is 19.7 Å². The molecule has 26 heavy (non-hydrogen) atoms. The number of unbranched alkanes of at least 4 members (excludes halogenated alkanes) is 3. The molecule has 0 aliphatic carbocycles. The molecule has 1 aromatic carbocycles. The van der Waals surface area contributed by atoms with Crippen molar-refractivity contribution in [3.8, 4) is 0 Å². The Labute approximate surface area is 153 Å². The van der Waals surface area contributed by atoms with Gasteiger partial charge in [0.15, 0.2) is 0 Å². The van der Waals surface area contributed by atoms with Crippen LogP contribution in [0.25, 0.3) is 0 Å². The maximum atomic E-state index is 11.7. The summed E-state index contributed by atoms with van der Waals surface area (Å²) in [6.07, 6.45) is 4.83. The van der Waals surface area contributed by atoms with Gasteiger partial charge in [-0.1, -0.05) is 38.3 Å². The summed E-state index contributed by atoms with van der Waals surface area (Å²) in [5.74, 6) is -0.743. The Kier molecular flexibility index (Phi) is 9.97. The molecule has 0 saturated carbocycles. The molecule has 144 valence electrons. The van der Waals surface area contributed by atoms with E-state index in [2.05, 4.69) is 6.92 Å². The minimum Gasteiger partial charge on any atom is -0.466 e. The average Bonchev–Trinajstić information content (AvgIpc) is 2.60. The molecule has 1 aromatic rings. The number of benzene rings is 1. The van der Waals surface area contributed by atoms with Gasteiger partial charge in [-0.05, 0) is 25.3 Å². The molecule has 0 amide bonds. The highest BCUT2D eigenvalue weighted by atomic mass is 16.6. The quantitative estimate of drug-likeness (QED) is 0.238. The van der Waals surface area contributed by atoms with Gasteiger partial charge in [-0.25, -0.2) is 0 Å².